The second-order valence-electron chi connectivity index (χ2n) is 4.82. The maximum absolute atomic E-state index is 2.57. The van der Waals surface area contributed by atoms with Gasteiger partial charge in [0, 0.05) is 0 Å². The first kappa shape index (κ1) is 10.1. The van der Waals surface area contributed by atoms with Crippen molar-refractivity contribution in [1.29, 1.82) is 0 Å². The van der Waals surface area contributed by atoms with Crippen molar-refractivity contribution in [3.05, 3.63) is 35.9 Å². The van der Waals surface area contributed by atoms with Crippen molar-refractivity contribution in [1.82, 2.24) is 0 Å². The third-order valence-electron chi connectivity index (χ3n) is 3.12. The van der Waals surface area contributed by atoms with Gasteiger partial charge in [0.15, 0.2) is 0 Å². The Kier molecular flexibility index (Phi) is 2.83. The van der Waals surface area contributed by atoms with Crippen LogP contribution in [-0.2, 0) is 0 Å². The van der Waals surface area contributed by atoms with E-state index in [4.69, 9.17) is 0 Å². The van der Waals surface area contributed by atoms with Crippen LogP contribution in [0.3, 0.4) is 0 Å². The Morgan fingerprint density at radius 1 is 1.29 bits per heavy atom. The lowest BCUT2D eigenvalue weighted by molar-refractivity contribution is 0.669. The standard InChI is InChI=1S/C13H19P/c1-12-8-9-14(2,10-12)11-13-6-4-3-5-7-13/h3-7,11-12H,8-10H2,1-2H3. The lowest BCUT2D eigenvalue weighted by atomic mass is 10.2. The molecule has 1 heterocycles. The van der Waals surface area contributed by atoms with Crippen LogP contribution in [0.1, 0.15) is 18.9 Å². The van der Waals surface area contributed by atoms with Crippen LogP contribution in [0.15, 0.2) is 30.3 Å². The number of rotatable bonds is 1. The normalized spacial score (nSPS) is 31.7. The highest BCUT2D eigenvalue weighted by Crippen LogP contribution is 2.52. The van der Waals surface area contributed by atoms with Crippen molar-refractivity contribution < 1.29 is 0 Å². The maximum Gasteiger partial charge on any atom is -0.0255 e. The largest absolute Gasteiger partial charge is 0.107 e. The Balaban J connectivity index is 2.26. The molecule has 2 unspecified atom stereocenters. The van der Waals surface area contributed by atoms with E-state index < -0.39 is 6.89 Å². The number of hydrogen-bond acceptors (Lipinski definition) is 0. The first-order valence-electron chi connectivity index (χ1n) is 5.43. The van der Waals surface area contributed by atoms with Crippen LogP contribution in [-0.4, -0.2) is 24.8 Å². The second-order valence-corrected chi connectivity index (χ2v) is 8.85. The summed E-state index contributed by atoms with van der Waals surface area (Å²) in [6, 6.07) is 10.8. The molecule has 0 spiro atoms. The zero-order valence-electron chi connectivity index (χ0n) is 9.11. The SMILES string of the molecule is CC1CCP(C)(=Cc2ccccc2)C1. The van der Waals surface area contributed by atoms with Gasteiger partial charge in [0.05, 0.1) is 0 Å². The van der Waals surface area contributed by atoms with Gasteiger partial charge in [-0.2, -0.15) is 0 Å². The molecule has 1 heteroatoms. The third kappa shape index (κ3) is 2.30. The van der Waals surface area contributed by atoms with E-state index in [1.54, 1.807) is 0 Å². The quantitative estimate of drug-likeness (QED) is 0.617. The van der Waals surface area contributed by atoms with Crippen LogP contribution in [0.4, 0.5) is 0 Å². The van der Waals surface area contributed by atoms with Crippen LogP contribution < -0.4 is 0 Å². The van der Waals surface area contributed by atoms with Gasteiger partial charge in [-0.3, -0.25) is 0 Å². The van der Waals surface area contributed by atoms with Gasteiger partial charge in [-0.1, -0.05) is 43.1 Å². The fourth-order valence-electron chi connectivity index (χ4n) is 2.43. The van der Waals surface area contributed by atoms with Crippen molar-refractivity contribution in [3.8, 4) is 0 Å². The molecule has 76 valence electrons. The van der Waals surface area contributed by atoms with E-state index in [2.05, 4.69) is 49.7 Å². The van der Waals surface area contributed by atoms with Gasteiger partial charge in [-0.25, -0.2) is 0 Å². The van der Waals surface area contributed by atoms with Gasteiger partial charge in [0.1, 0.15) is 0 Å². The second kappa shape index (κ2) is 3.95. The summed E-state index contributed by atoms with van der Waals surface area (Å²) in [5.41, 5.74) is 1.43. The molecule has 14 heavy (non-hydrogen) atoms. The summed E-state index contributed by atoms with van der Waals surface area (Å²) < 4.78 is 0. The summed E-state index contributed by atoms with van der Waals surface area (Å²) in [5, 5.41) is 0. The Morgan fingerprint density at radius 2 is 2.00 bits per heavy atom. The van der Waals surface area contributed by atoms with Crippen LogP contribution in [0.5, 0.6) is 0 Å². The van der Waals surface area contributed by atoms with Crippen LogP contribution in [0.25, 0.3) is 0 Å². The van der Waals surface area contributed by atoms with Gasteiger partial charge in [0.25, 0.3) is 0 Å². The van der Waals surface area contributed by atoms with Crippen LogP contribution in [0.2, 0.25) is 0 Å². The molecule has 1 aromatic rings. The summed E-state index contributed by atoms with van der Waals surface area (Å²) in [5.74, 6) is 3.52. The minimum atomic E-state index is -0.723. The summed E-state index contributed by atoms with van der Waals surface area (Å²) >= 11 is 0. The van der Waals surface area contributed by atoms with Crippen LogP contribution >= 0.6 is 6.89 Å². The fraction of sp³-hybridized carbons (Fsp3) is 0.462. The third-order valence-corrected chi connectivity index (χ3v) is 6.78. The Hall–Kier alpha value is -0.480. The lowest BCUT2D eigenvalue weighted by Gasteiger charge is -2.13. The van der Waals surface area contributed by atoms with Crippen molar-refractivity contribution >= 4 is 12.7 Å². The topological polar surface area (TPSA) is 0 Å². The van der Waals surface area contributed by atoms with Crippen molar-refractivity contribution in [2.24, 2.45) is 5.92 Å². The van der Waals surface area contributed by atoms with Gasteiger partial charge in [-0.15, -0.1) is 6.89 Å². The molecule has 1 aliphatic rings. The van der Waals surface area contributed by atoms with E-state index in [0.29, 0.717) is 0 Å². The summed E-state index contributed by atoms with van der Waals surface area (Å²) in [6.07, 6.45) is 4.36. The molecule has 0 nitrogen and oxygen atoms in total. The molecule has 0 saturated carbocycles. The first-order chi connectivity index (χ1) is 6.68. The minimum absolute atomic E-state index is 0.723. The summed E-state index contributed by atoms with van der Waals surface area (Å²) in [7, 11) is 0. The molecule has 1 fully saturated rings. The zero-order chi connectivity index (χ0) is 10.0. The molecular formula is C13H19P. The van der Waals surface area contributed by atoms with Crippen molar-refractivity contribution in [2.75, 3.05) is 19.0 Å². The molecule has 0 radical (unpaired) electrons. The average Bonchev–Trinajstić information content (AvgIpc) is 2.47. The fourth-order valence-corrected chi connectivity index (χ4v) is 6.37. The minimum Gasteiger partial charge on any atom is -0.107 e. The highest BCUT2D eigenvalue weighted by atomic mass is 31.2. The Bertz CT molecular complexity index is 351. The molecular weight excluding hydrogens is 187 g/mol. The molecule has 0 aromatic heterocycles. The molecule has 0 amide bonds. The monoisotopic (exact) mass is 206 g/mol. The predicted octanol–water partition coefficient (Wildman–Crippen LogP) is 3.52. The van der Waals surface area contributed by atoms with Gasteiger partial charge < -0.3 is 0 Å². The maximum atomic E-state index is 2.57. The molecule has 1 saturated heterocycles. The smallest absolute Gasteiger partial charge is 0.0255 e. The molecule has 1 aliphatic heterocycles. The molecule has 0 aliphatic carbocycles. The average molecular weight is 206 g/mol. The van der Waals surface area contributed by atoms with E-state index in [1.807, 2.05) is 0 Å². The Labute approximate surface area is 87.3 Å². The van der Waals surface area contributed by atoms with E-state index in [-0.39, 0.29) is 0 Å². The zero-order valence-corrected chi connectivity index (χ0v) is 10.0. The lowest BCUT2D eigenvalue weighted by Crippen LogP contribution is -1.92. The molecule has 0 bridgehead atoms. The number of benzene rings is 1. The predicted molar refractivity (Wildman–Crippen MR) is 68.0 cm³/mol. The van der Waals surface area contributed by atoms with Crippen molar-refractivity contribution in [3.63, 3.8) is 0 Å². The molecule has 1 aromatic carbocycles. The first-order valence-corrected chi connectivity index (χ1v) is 8.11. The Morgan fingerprint density at radius 3 is 2.57 bits per heavy atom. The summed E-state index contributed by atoms with van der Waals surface area (Å²) in [4.78, 5) is 0. The van der Waals surface area contributed by atoms with E-state index in [1.165, 1.54) is 24.3 Å². The highest BCUT2D eigenvalue weighted by Gasteiger charge is 2.22. The highest BCUT2D eigenvalue weighted by molar-refractivity contribution is 7.74. The number of hydrogen-bond donors (Lipinski definition) is 0. The molecule has 2 rings (SSSR count). The van der Waals surface area contributed by atoms with Crippen LogP contribution in [0, 0.1) is 5.92 Å². The molecule has 2 atom stereocenters. The van der Waals surface area contributed by atoms with E-state index >= 15 is 0 Å². The molecule has 0 N–H and O–H groups in total. The summed E-state index contributed by atoms with van der Waals surface area (Å²) in [6.45, 7) is 4.17. The van der Waals surface area contributed by atoms with Crippen molar-refractivity contribution in [2.45, 2.75) is 13.3 Å². The van der Waals surface area contributed by atoms with Gasteiger partial charge in [-0.05, 0) is 36.9 Å². The van der Waals surface area contributed by atoms with E-state index in [9.17, 15) is 0 Å². The van der Waals surface area contributed by atoms with E-state index in [0.717, 1.165) is 5.92 Å². The van der Waals surface area contributed by atoms with Gasteiger partial charge in [0.2, 0.25) is 0 Å². The van der Waals surface area contributed by atoms with Gasteiger partial charge >= 0.3 is 0 Å².